The summed E-state index contributed by atoms with van der Waals surface area (Å²) in [6, 6.07) is 21.2. The highest BCUT2D eigenvalue weighted by Gasteiger charge is 2.29. The molecule has 6 aliphatic heterocycles. The van der Waals surface area contributed by atoms with Crippen LogP contribution < -0.4 is 31.9 Å². The van der Waals surface area contributed by atoms with Crippen LogP contribution in [0.5, 0.6) is 0 Å². The van der Waals surface area contributed by atoms with Crippen LogP contribution in [0.15, 0.2) is 146 Å². The van der Waals surface area contributed by atoms with Crippen molar-refractivity contribution in [2.45, 2.75) is 113 Å². The second-order valence-corrected chi connectivity index (χ2v) is 29.5. The lowest BCUT2D eigenvalue weighted by molar-refractivity contribution is 0.176. The topological polar surface area (TPSA) is 344 Å². The minimum absolute atomic E-state index is 0.00120. The van der Waals surface area contributed by atoms with E-state index in [1.807, 2.05) is 14.1 Å². The first-order valence-electron chi connectivity index (χ1n) is 63.0. The van der Waals surface area contributed by atoms with E-state index in [2.05, 4.69) is 35.8 Å². The Morgan fingerprint density at radius 3 is 0.841 bits per heavy atom. The predicted molar refractivity (Wildman–Crippen MR) is 495 cm³/mol. The molecular formula is C96H126N18O12. The van der Waals surface area contributed by atoms with Crippen LogP contribution in [0.4, 0.5) is 28.8 Å². The number of aryl methyl sites for hydroxylation is 3. The Labute approximate surface area is 804 Å². The largest absolute Gasteiger partial charge is 0.447 e. The van der Waals surface area contributed by atoms with E-state index in [9.17, 15) is 28.8 Å². The summed E-state index contributed by atoms with van der Waals surface area (Å²) < 4.78 is 411. The zero-order chi connectivity index (χ0) is 131. The number of hydrogen-bond acceptors (Lipinski definition) is 18. The lowest BCUT2D eigenvalue weighted by Gasteiger charge is -2.09. The van der Waals surface area contributed by atoms with Crippen LogP contribution >= 0.6 is 0 Å². The number of rotatable bonds is 30. The third kappa shape index (κ3) is 26.5. The fourth-order valence-corrected chi connectivity index (χ4v) is 13.3. The molecule has 12 heterocycles. The van der Waals surface area contributed by atoms with Crippen LogP contribution in [0.1, 0.15) is 124 Å². The van der Waals surface area contributed by atoms with E-state index in [1.54, 1.807) is 54.9 Å². The van der Waals surface area contributed by atoms with Gasteiger partial charge in [0.15, 0.2) is 8.47 Å². The number of aromatic nitrogens is 6. The number of alkyl carbamates (subject to hydrolysis) is 6. The summed E-state index contributed by atoms with van der Waals surface area (Å²) in [5.74, 6) is 0. The van der Waals surface area contributed by atoms with Gasteiger partial charge in [-0.1, -0.05) is 36.4 Å². The van der Waals surface area contributed by atoms with E-state index in [1.165, 1.54) is 126 Å². The molecule has 6 fully saturated rings. The molecule has 0 radical (unpaired) electrons. The van der Waals surface area contributed by atoms with E-state index in [4.69, 9.17) is 94.5 Å². The number of fused-ring (bicyclic) bond motifs is 6. The van der Waals surface area contributed by atoms with Crippen molar-refractivity contribution in [3.63, 3.8) is 0 Å². The number of carbonyl (C=O) groups excluding carboxylic acids is 6. The van der Waals surface area contributed by atoms with Crippen molar-refractivity contribution in [1.29, 1.82) is 0 Å². The molecule has 12 aromatic rings. The van der Waals surface area contributed by atoms with Gasteiger partial charge in [-0.25, -0.2) is 28.8 Å². The Hall–Kier alpha value is -12.1. The average molecular weight is 1770 g/mol. The highest BCUT2D eigenvalue weighted by atomic mass is 16.6. The first-order chi connectivity index (χ1) is 79.6. The van der Waals surface area contributed by atoms with Crippen LogP contribution in [0.2, 0.25) is 8.47 Å². The summed E-state index contributed by atoms with van der Waals surface area (Å²) in [7, 11) is 9.34. The Morgan fingerprint density at radius 2 is 0.563 bits per heavy atom. The molecule has 6 aliphatic rings. The van der Waals surface area contributed by atoms with Gasteiger partial charge in [0.1, 0.15) is 39.6 Å². The molecule has 18 rings (SSSR count). The molecule has 126 heavy (non-hydrogen) atoms. The highest BCUT2D eigenvalue weighted by Crippen LogP contribution is 2.29. The number of aromatic amines is 6. The number of H-pyrrole nitrogens is 6. The first-order valence-corrected chi connectivity index (χ1v) is 39.4. The maximum atomic E-state index is 11.5. The monoisotopic (exact) mass is 1770 g/mol. The van der Waals surface area contributed by atoms with Gasteiger partial charge in [0.05, 0.1) is 36.3 Å². The van der Waals surface area contributed by atoms with Gasteiger partial charge >= 0.3 is 36.6 Å². The standard InChI is InChI=1S/6C16H21N3O2/c6*1-19(2)6-5-12-9-17-15-4-3-11(8-14(12)15)7-13-10-21-16(20)18-13/h6*3-4,8-9,13,17H,5-7,10H2,1-2H3,(H,18,20)/t6*13-/m000000/s1/i1D3,2D3,5D2,6D2,7D2;1D3,5D2,6D2,7D2;5D2,6D2,7D2;1D3,2D3,7D2;1D3,7D2;7D2/hD6. The third-order valence-electron chi connectivity index (χ3n) is 19.3. The average Bonchev–Trinajstić information content (AvgIpc) is 1.40. The number of nitrogens with one attached hydrogen (secondary N) is 12. The van der Waals surface area contributed by atoms with Gasteiger partial charge in [0, 0.05) is 199 Å². The lowest BCUT2D eigenvalue weighted by atomic mass is 10.0. The van der Waals surface area contributed by atoms with Crippen molar-refractivity contribution in [2.75, 3.05) is 163 Å². The zero-order valence-corrected chi connectivity index (χ0v) is 69.1. The molecule has 0 unspecified atom stereocenters. The van der Waals surface area contributed by atoms with E-state index >= 15 is 0 Å². The number of cyclic esters (lactones) is 6. The summed E-state index contributed by atoms with van der Waals surface area (Å²) in [5, 5.41) is 11.2. The molecule has 0 bridgehead atoms. The second-order valence-electron chi connectivity index (χ2n) is 29.5. The molecule has 0 spiro atoms. The second kappa shape index (κ2) is 43.7. The molecule has 6 atom stereocenters. The van der Waals surface area contributed by atoms with E-state index in [-0.39, 0.29) is 114 Å². The predicted octanol–water partition coefficient (Wildman–Crippen LogP) is 11.5. The Balaban J connectivity index is 0.000000171. The fraction of sp³-hybridized carbons (Fsp3) is 0.438. The summed E-state index contributed by atoms with van der Waals surface area (Å²) in [5.41, 5.74) is 5.85. The molecule has 0 saturated carbocycles. The number of hydrogen-bond donors (Lipinski definition) is 12. The number of ether oxygens (including phenoxy) is 6. The van der Waals surface area contributed by atoms with Crippen LogP contribution in [0.3, 0.4) is 0 Å². The van der Waals surface area contributed by atoms with Crippen molar-refractivity contribution in [1.82, 2.24) is 91.2 Å². The third-order valence-corrected chi connectivity index (χ3v) is 19.3. The normalized spacial score (nSPS) is 26.0. The van der Waals surface area contributed by atoms with Crippen molar-refractivity contribution < 1.29 is 123 Å². The maximum absolute atomic E-state index is 11.5. The highest BCUT2D eigenvalue weighted by molar-refractivity contribution is 5.88. The maximum Gasteiger partial charge on any atom is 0.407 e. The number of benzene rings is 6. The molecule has 0 aliphatic carbocycles. The van der Waals surface area contributed by atoms with Crippen LogP contribution in [0.25, 0.3) is 65.4 Å². The Bertz CT molecular complexity index is 7910. The number of carbonyl (C=O) groups is 6. The quantitative estimate of drug-likeness (QED) is 0.0186. The molecular weight excluding hydrogens is 1600 g/mol. The SMILES string of the molecule is [2H]C([2H])(c1ccc2[nH]cc(C([2H])([2H])C([2H])([2H])N(C([2H])([2H])[2H])C([2H])([2H])[2H])c2c1)[C@H]1COC(=O)N1.[2H]C([2H])(c1ccc2[nH]cc(C([2H])([2H])C([2H])([2H])N(C)C([2H])([2H])[2H])c2c1)[C@H]1COC(=O)N1.[2H]C([2H])(c1ccc2[nH]cc(C([2H])([2H])C([2H])([2H])N(C)C)c2c1)[C@H]1COC(=O)N1.[2H]N1C(=O)OC[C@@H]1C([2H])([2H])c1ccc2c(c1)c(CCN(C([2H])([2H])[2H])C([2H])([2H])[2H])cn2[2H].[2H]N1C(=O)OC[C@@H]1C([2H])([2H])c1ccc2c(c1)c(CCN(C)C([2H])([2H])[2H])cn2[2H].[2H]N1C(=O)OC[C@@H]1C([2H])([2H])c1ccc2c(c1)c(CCN(C)C)cn2[2H]. The summed E-state index contributed by atoms with van der Waals surface area (Å²) in [6.45, 7) is -26.9. The summed E-state index contributed by atoms with van der Waals surface area (Å²) >= 11 is 0. The lowest BCUT2D eigenvalue weighted by Crippen LogP contribution is -2.28. The first kappa shape index (κ1) is 48.0. The van der Waals surface area contributed by atoms with Gasteiger partial charge in [-0.05, 0) is 300 Å². The molecule has 6 saturated heterocycles. The summed E-state index contributed by atoms with van der Waals surface area (Å²) in [4.78, 5) is 84.9. The fourth-order valence-electron chi connectivity index (χ4n) is 13.3. The minimum Gasteiger partial charge on any atom is -0.447 e. The van der Waals surface area contributed by atoms with E-state index < -0.39 is 202 Å². The van der Waals surface area contributed by atoms with Crippen molar-refractivity contribution in [2.24, 2.45) is 0 Å². The van der Waals surface area contributed by atoms with Gasteiger partial charge in [0.25, 0.3) is 0 Å². The van der Waals surface area contributed by atoms with Crippen LogP contribution in [0, 0.1) is 0 Å². The number of likely N-dealkylation sites (N-methyl/N-ethyl adjacent to an activating group) is 6. The molecule has 672 valence electrons. The van der Waals surface area contributed by atoms with Gasteiger partial charge in [-0.2, -0.15) is 0 Å². The smallest absolute Gasteiger partial charge is 0.407 e. The van der Waals surface area contributed by atoms with Gasteiger partial charge in [0.2, 0.25) is 0 Å². The molecule has 30 nitrogen and oxygen atoms in total. The van der Waals surface area contributed by atoms with Crippen molar-refractivity contribution in [3.8, 4) is 0 Å². The summed E-state index contributed by atoms with van der Waals surface area (Å²) in [6.07, 6.45) is -15.8. The van der Waals surface area contributed by atoms with Crippen LogP contribution in [-0.2, 0) is 105 Å². The van der Waals surface area contributed by atoms with Gasteiger partial charge in [-0.3, -0.25) is 0 Å². The molecule has 30 heteroatoms. The molecule has 6 amide bonds. The van der Waals surface area contributed by atoms with Crippen LogP contribution in [-0.4, -0.2) is 295 Å². The van der Waals surface area contributed by atoms with Crippen molar-refractivity contribution in [3.05, 3.63) is 213 Å². The van der Waals surface area contributed by atoms with E-state index in [0.717, 1.165) is 47.7 Å². The van der Waals surface area contributed by atoms with Crippen molar-refractivity contribution >= 4 is 102 Å². The van der Waals surface area contributed by atoms with Gasteiger partial charge in [-0.15, -0.1) is 0 Å². The Morgan fingerprint density at radius 1 is 0.302 bits per heavy atom. The van der Waals surface area contributed by atoms with Gasteiger partial charge < -0.3 is 120 Å². The Kier molecular flexibility index (Phi) is 16.7. The number of nitrogens with zero attached hydrogens (tertiary/aromatic N) is 6. The van der Waals surface area contributed by atoms with E-state index in [0.29, 0.717) is 87.0 Å². The molecule has 6 aromatic heterocycles. The zero-order valence-electron chi connectivity index (χ0n) is 117. The number of amides is 6. The molecule has 12 N–H and O–H groups in total. The molecule has 6 aromatic carbocycles. The minimum atomic E-state index is -3.53.